The van der Waals surface area contributed by atoms with E-state index in [1.165, 1.54) is 18.2 Å². The molecule has 19 heavy (non-hydrogen) atoms. The molecular weight excluding hydrogens is 247 g/mol. The summed E-state index contributed by atoms with van der Waals surface area (Å²) in [4.78, 5) is 4.07. The Bertz CT molecular complexity index is 561. The third-order valence-corrected chi connectivity index (χ3v) is 2.38. The Morgan fingerprint density at radius 1 is 1.26 bits per heavy atom. The SMILES string of the molecule is CCCOc1cccnc1Oc1cc(F)ccc1N. The summed E-state index contributed by atoms with van der Waals surface area (Å²) in [5, 5.41) is 0. The topological polar surface area (TPSA) is 57.4 Å². The van der Waals surface area contributed by atoms with Crippen LogP contribution in [0.2, 0.25) is 0 Å². The highest BCUT2D eigenvalue weighted by atomic mass is 19.1. The number of halogens is 1. The molecule has 2 N–H and O–H groups in total. The van der Waals surface area contributed by atoms with Gasteiger partial charge in [0.05, 0.1) is 12.3 Å². The molecule has 0 radical (unpaired) electrons. The molecule has 4 nitrogen and oxygen atoms in total. The quantitative estimate of drug-likeness (QED) is 0.839. The van der Waals surface area contributed by atoms with Crippen LogP contribution in [0.25, 0.3) is 0 Å². The minimum Gasteiger partial charge on any atom is -0.488 e. The molecule has 2 rings (SSSR count). The maximum absolute atomic E-state index is 13.2. The minimum absolute atomic E-state index is 0.222. The average Bonchev–Trinajstić information content (AvgIpc) is 2.42. The first-order valence-electron chi connectivity index (χ1n) is 6.01. The van der Waals surface area contributed by atoms with Gasteiger partial charge in [-0.15, -0.1) is 0 Å². The summed E-state index contributed by atoms with van der Waals surface area (Å²) in [6, 6.07) is 7.42. The van der Waals surface area contributed by atoms with Crippen LogP contribution < -0.4 is 15.2 Å². The van der Waals surface area contributed by atoms with Crippen LogP contribution in [-0.4, -0.2) is 11.6 Å². The van der Waals surface area contributed by atoms with Crippen molar-refractivity contribution in [2.24, 2.45) is 0 Å². The van der Waals surface area contributed by atoms with Crippen molar-refractivity contribution in [1.29, 1.82) is 0 Å². The first-order chi connectivity index (χ1) is 9.20. The first-order valence-corrected chi connectivity index (χ1v) is 6.01. The van der Waals surface area contributed by atoms with Crippen molar-refractivity contribution in [1.82, 2.24) is 4.98 Å². The van der Waals surface area contributed by atoms with Gasteiger partial charge in [0.2, 0.25) is 0 Å². The Morgan fingerprint density at radius 3 is 2.89 bits per heavy atom. The normalized spacial score (nSPS) is 10.2. The van der Waals surface area contributed by atoms with E-state index < -0.39 is 5.82 Å². The maximum Gasteiger partial charge on any atom is 0.262 e. The summed E-state index contributed by atoms with van der Waals surface area (Å²) in [7, 11) is 0. The van der Waals surface area contributed by atoms with Gasteiger partial charge < -0.3 is 15.2 Å². The van der Waals surface area contributed by atoms with E-state index in [-0.39, 0.29) is 11.6 Å². The van der Waals surface area contributed by atoms with Gasteiger partial charge in [-0.25, -0.2) is 9.37 Å². The molecule has 1 heterocycles. The lowest BCUT2D eigenvalue weighted by Crippen LogP contribution is -2.00. The van der Waals surface area contributed by atoms with Crippen LogP contribution in [0.4, 0.5) is 10.1 Å². The highest BCUT2D eigenvalue weighted by Gasteiger charge is 2.10. The highest BCUT2D eigenvalue weighted by molar-refractivity contribution is 5.54. The fourth-order valence-electron chi connectivity index (χ4n) is 1.48. The Morgan fingerprint density at radius 2 is 2.11 bits per heavy atom. The zero-order valence-corrected chi connectivity index (χ0v) is 10.6. The predicted molar refractivity (Wildman–Crippen MR) is 70.9 cm³/mol. The Balaban J connectivity index is 2.25. The molecular formula is C14H15FN2O2. The van der Waals surface area contributed by atoms with Crippen LogP contribution in [0, 0.1) is 5.82 Å². The summed E-state index contributed by atoms with van der Waals surface area (Å²) >= 11 is 0. The number of nitrogen functional groups attached to an aromatic ring is 1. The molecule has 0 aliphatic carbocycles. The van der Waals surface area contributed by atoms with Crippen LogP contribution >= 0.6 is 0 Å². The second-order valence-electron chi connectivity index (χ2n) is 3.94. The Hall–Kier alpha value is -2.30. The van der Waals surface area contributed by atoms with E-state index in [0.717, 1.165) is 6.42 Å². The summed E-state index contributed by atoms with van der Waals surface area (Å²) in [5.74, 6) is 0.581. The van der Waals surface area contributed by atoms with Crippen molar-refractivity contribution < 1.29 is 13.9 Å². The van der Waals surface area contributed by atoms with E-state index in [1.54, 1.807) is 18.3 Å². The minimum atomic E-state index is -0.420. The first kappa shape index (κ1) is 13.1. The summed E-state index contributed by atoms with van der Waals surface area (Å²) in [6.07, 6.45) is 2.44. The van der Waals surface area contributed by atoms with Crippen LogP contribution in [-0.2, 0) is 0 Å². The number of anilines is 1. The summed E-state index contributed by atoms with van der Waals surface area (Å²) < 4.78 is 24.2. The molecule has 0 unspecified atom stereocenters. The van der Waals surface area contributed by atoms with E-state index in [9.17, 15) is 4.39 Å². The van der Waals surface area contributed by atoms with E-state index >= 15 is 0 Å². The van der Waals surface area contributed by atoms with E-state index in [1.807, 2.05) is 6.92 Å². The number of nitrogens with two attached hydrogens (primary N) is 1. The monoisotopic (exact) mass is 262 g/mol. The van der Waals surface area contributed by atoms with Crippen molar-refractivity contribution >= 4 is 5.69 Å². The molecule has 1 aromatic heterocycles. The lowest BCUT2D eigenvalue weighted by molar-refractivity contribution is 0.298. The number of aromatic nitrogens is 1. The summed E-state index contributed by atoms with van der Waals surface area (Å²) in [6.45, 7) is 2.56. The van der Waals surface area contributed by atoms with Gasteiger partial charge >= 0.3 is 0 Å². The molecule has 0 aliphatic heterocycles. The molecule has 0 saturated carbocycles. The number of nitrogens with zero attached hydrogens (tertiary/aromatic N) is 1. The van der Waals surface area contributed by atoms with Gasteiger partial charge in [-0.3, -0.25) is 0 Å². The standard InChI is InChI=1S/C14H15FN2O2/c1-2-8-18-12-4-3-7-17-14(12)19-13-9-10(15)5-6-11(13)16/h3-7,9H,2,8,16H2,1H3. The van der Waals surface area contributed by atoms with Crippen LogP contribution in [0.1, 0.15) is 13.3 Å². The third-order valence-electron chi connectivity index (χ3n) is 2.38. The molecule has 0 saturated heterocycles. The molecule has 2 aromatic rings. The van der Waals surface area contributed by atoms with Gasteiger partial charge in [0.15, 0.2) is 11.5 Å². The summed E-state index contributed by atoms with van der Waals surface area (Å²) in [5.41, 5.74) is 6.07. The van der Waals surface area contributed by atoms with Gasteiger partial charge in [0.1, 0.15) is 5.82 Å². The average molecular weight is 262 g/mol. The predicted octanol–water partition coefficient (Wildman–Crippen LogP) is 3.38. The zero-order valence-electron chi connectivity index (χ0n) is 10.6. The van der Waals surface area contributed by atoms with Gasteiger partial charge in [-0.2, -0.15) is 0 Å². The number of benzene rings is 1. The van der Waals surface area contributed by atoms with Gasteiger partial charge in [-0.1, -0.05) is 6.92 Å². The fourth-order valence-corrected chi connectivity index (χ4v) is 1.48. The van der Waals surface area contributed by atoms with E-state index in [4.69, 9.17) is 15.2 Å². The number of ether oxygens (including phenoxy) is 2. The lowest BCUT2D eigenvalue weighted by atomic mass is 10.3. The maximum atomic E-state index is 13.2. The second kappa shape index (κ2) is 6.04. The Labute approximate surface area is 111 Å². The van der Waals surface area contributed by atoms with Crippen LogP contribution in [0.5, 0.6) is 17.4 Å². The zero-order chi connectivity index (χ0) is 13.7. The van der Waals surface area contributed by atoms with Gasteiger partial charge in [0.25, 0.3) is 5.88 Å². The molecule has 0 fully saturated rings. The van der Waals surface area contributed by atoms with Crippen molar-refractivity contribution in [3.63, 3.8) is 0 Å². The molecule has 0 atom stereocenters. The van der Waals surface area contributed by atoms with Gasteiger partial charge in [-0.05, 0) is 30.7 Å². The van der Waals surface area contributed by atoms with E-state index in [2.05, 4.69) is 4.98 Å². The van der Waals surface area contributed by atoms with Gasteiger partial charge in [0, 0.05) is 12.3 Å². The highest BCUT2D eigenvalue weighted by Crippen LogP contribution is 2.32. The second-order valence-corrected chi connectivity index (χ2v) is 3.94. The fraction of sp³-hybridized carbons (Fsp3) is 0.214. The lowest BCUT2D eigenvalue weighted by Gasteiger charge is -2.11. The molecule has 1 aromatic carbocycles. The number of pyridine rings is 1. The molecule has 0 bridgehead atoms. The number of hydrogen-bond donors (Lipinski definition) is 1. The third kappa shape index (κ3) is 3.34. The van der Waals surface area contributed by atoms with Crippen molar-refractivity contribution in [2.45, 2.75) is 13.3 Å². The largest absolute Gasteiger partial charge is 0.488 e. The molecule has 0 amide bonds. The van der Waals surface area contributed by atoms with Crippen LogP contribution in [0.15, 0.2) is 36.5 Å². The smallest absolute Gasteiger partial charge is 0.262 e. The number of rotatable bonds is 5. The van der Waals surface area contributed by atoms with Crippen molar-refractivity contribution in [3.05, 3.63) is 42.3 Å². The van der Waals surface area contributed by atoms with Crippen molar-refractivity contribution in [3.8, 4) is 17.4 Å². The molecule has 100 valence electrons. The molecule has 0 spiro atoms. The van der Waals surface area contributed by atoms with Crippen LogP contribution in [0.3, 0.4) is 0 Å². The number of hydrogen-bond acceptors (Lipinski definition) is 4. The Kier molecular flexibility index (Phi) is 4.18. The van der Waals surface area contributed by atoms with E-state index in [0.29, 0.717) is 18.0 Å². The van der Waals surface area contributed by atoms with Crippen molar-refractivity contribution in [2.75, 3.05) is 12.3 Å². The molecule has 5 heteroatoms. The molecule has 0 aliphatic rings.